The number of carbonyl (C=O) groups is 2. The molecular weight excluding hydrogens is 366 g/mol. The highest BCUT2D eigenvalue weighted by molar-refractivity contribution is 7.91. The Bertz CT molecular complexity index is 788. The fourth-order valence-corrected chi connectivity index (χ4v) is 4.08. The van der Waals surface area contributed by atoms with E-state index in [1.165, 1.54) is 0 Å². The lowest BCUT2D eigenvalue weighted by Crippen LogP contribution is -2.42. The van der Waals surface area contributed by atoms with Gasteiger partial charge in [0.15, 0.2) is 9.84 Å². The van der Waals surface area contributed by atoms with Crippen molar-refractivity contribution < 1.29 is 18.0 Å². The highest BCUT2D eigenvalue weighted by Crippen LogP contribution is 2.31. The second kappa shape index (κ2) is 8.29. The third-order valence-electron chi connectivity index (χ3n) is 5.13. The number of hydrogen-bond donors (Lipinski definition) is 1. The van der Waals surface area contributed by atoms with E-state index in [1.54, 1.807) is 36.1 Å². The molecule has 27 heavy (non-hydrogen) atoms. The van der Waals surface area contributed by atoms with E-state index in [2.05, 4.69) is 5.32 Å². The zero-order valence-electron chi connectivity index (χ0n) is 15.7. The predicted molar refractivity (Wildman–Crippen MR) is 102 cm³/mol. The maximum atomic E-state index is 12.4. The number of nitrogens with one attached hydrogen (secondary N) is 1. The van der Waals surface area contributed by atoms with Crippen molar-refractivity contribution >= 4 is 21.8 Å². The molecule has 1 heterocycles. The Hall–Kier alpha value is -2.09. The molecule has 1 N–H and O–H groups in total. The molecule has 2 aliphatic rings. The number of amides is 3. The number of rotatable bonds is 5. The highest BCUT2D eigenvalue weighted by atomic mass is 32.2. The molecule has 0 unspecified atom stereocenters. The zero-order chi connectivity index (χ0) is 19.4. The average Bonchev–Trinajstić information content (AvgIpc) is 3.52. The third-order valence-corrected chi connectivity index (χ3v) is 6.88. The summed E-state index contributed by atoms with van der Waals surface area (Å²) >= 11 is 0. The summed E-state index contributed by atoms with van der Waals surface area (Å²) < 4.78 is 23.7. The lowest BCUT2D eigenvalue weighted by Gasteiger charge is -2.22. The van der Waals surface area contributed by atoms with Gasteiger partial charge in [0.1, 0.15) is 0 Å². The molecule has 8 heteroatoms. The number of nitrogens with zero attached hydrogens (tertiary/aromatic N) is 2. The van der Waals surface area contributed by atoms with Crippen molar-refractivity contribution in [3.63, 3.8) is 0 Å². The number of sulfone groups is 1. The normalized spacial score (nSPS) is 18.1. The molecule has 0 atom stereocenters. The van der Waals surface area contributed by atoms with Crippen LogP contribution in [0.3, 0.4) is 0 Å². The molecule has 7 nitrogen and oxygen atoms in total. The Morgan fingerprint density at radius 1 is 1.04 bits per heavy atom. The van der Waals surface area contributed by atoms with Gasteiger partial charge in [-0.2, -0.15) is 0 Å². The number of urea groups is 1. The minimum Gasteiger partial charge on any atom is -0.341 e. The van der Waals surface area contributed by atoms with Crippen LogP contribution >= 0.6 is 0 Å². The third kappa shape index (κ3) is 5.00. The summed E-state index contributed by atoms with van der Waals surface area (Å²) in [5.41, 5.74) is 0.846. The fraction of sp³-hybridized carbons (Fsp3) is 0.579. The number of hydrogen-bond acceptors (Lipinski definition) is 4. The number of benzene rings is 1. The molecule has 1 aliphatic carbocycles. The van der Waals surface area contributed by atoms with Crippen molar-refractivity contribution in [1.29, 1.82) is 0 Å². The zero-order valence-corrected chi connectivity index (χ0v) is 16.5. The Morgan fingerprint density at radius 3 is 2.30 bits per heavy atom. The summed E-state index contributed by atoms with van der Waals surface area (Å²) in [5.74, 6) is 0.516. The first-order chi connectivity index (χ1) is 12.9. The van der Waals surface area contributed by atoms with E-state index in [-0.39, 0.29) is 23.6 Å². The van der Waals surface area contributed by atoms with Crippen LogP contribution in [0.5, 0.6) is 0 Å². The van der Waals surface area contributed by atoms with Gasteiger partial charge >= 0.3 is 6.03 Å². The fourth-order valence-electron chi connectivity index (χ4n) is 3.20. The SMILES string of the molecule is CCS(=O)(=O)c1ccc(CNC(=O)N2CCCN(C(=O)C3CC3)CC2)cc1. The van der Waals surface area contributed by atoms with Crippen molar-refractivity contribution in [2.75, 3.05) is 31.9 Å². The van der Waals surface area contributed by atoms with E-state index in [0.717, 1.165) is 24.8 Å². The Morgan fingerprint density at radius 2 is 1.67 bits per heavy atom. The van der Waals surface area contributed by atoms with Crippen molar-refractivity contribution in [2.24, 2.45) is 5.92 Å². The van der Waals surface area contributed by atoms with E-state index < -0.39 is 9.84 Å². The molecule has 3 amide bonds. The summed E-state index contributed by atoms with van der Waals surface area (Å²) in [5, 5.41) is 2.88. The summed E-state index contributed by atoms with van der Waals surface area (Å²) in [4.78, 5) is 28.6. The maximum absolute atomic E-state index is 12.4. The van der Waals surface area contributed by atoms with E-state index in [1.807, 2.05) is 4.90 Å². The van der Waals surface area contributed by atoms with Crippen molar-refractivity contribution in [1.82, 2.24) is 15.1 Å². The monoisotopic (exact) mass is 393 g/mol. The second-order valence-corrected chi connectivity index (χ2v) is 9.42. The van der Waals surface area contributed by atoms with Gasteiger partial charge < -0.3 is 15.1 Å². The quantitative estimate of drug-likeness (QED) is 0.824. The van der Waals surface area contributed by atoms with Crippen molar-refractivity contribution in [3.05, 3.63) is 29.8 Å². The van der Waals surface area contributed by atoms with Crippen LogP contribution in [0.25, 0.3) is 0 Å². The molecule has 1 aromatic rings. The first-order valence-electron chi connectivity index (χ1n) is 9.54. The molecule has 1 aliphatic heterocycles. The van der Waals surface area contributed by atoms with Crippen LogP contribution in [0.15, 0.2) is 29.2 Å². The smallest absolute Gasteiger partial charge is 0.317 e. The van der Waals surface area contributed by atoms with Gasteiger partial charge in [-0.3, -0.25) is 4.79 Å². The molecular formula is C19H27N3O4S. The standard InChI is InChI=1S/C19H27N3O4S/c1-2-27(25,26)17-8-4-15(5-9-17)14-20-19(24)22-11-3-10-21(12-13-22)18(23)16-6-7-16/h4-5,8-9,16H,2-3,6-7,10-14H2,1H3,(H,20,24). The van der Waals surface area contributed by atoms with Gasteiger partial charge in [0.05, 0.1) is 10.6 Å². The minimum atomic E-state index is -3.21. The molecule has 0 bridgehead atoms. The molecule has 2 fully saturated rings. The number of carbonyl (C=O) groups excluding carboxylic acids is 2. The highest BCUT2D eigenvalue weighted by Gasteiger charge is 2.34. The largest absolute Gasteiger partial charge is 0.341 e. The molecule has 1 saturated carbocycles. The van der Waals surface area contributed by atoms with Gasteiger partial charge in [-0.1, -0.05) is 19.1 Å². The predicted octanol–water partition coefficient (Wildman–Crippen LogP) is 1.63. The van der Waals surface area contributed by atoms with E-state index in [4.69, 9.17) is 0 Å². The first-order valence-corrected chi connectivity index (χ1v) is 11.2. The summed E-state index contributed by atoms with van der Waals surface area (Å²) in [6.45, 7) is 4.43. The van der Waals surface area contributed by atoms with Crippen LogP contribution in [0, 0.1) is 5.92 Å². The summed E-state index contributed by atoms with van der Waals surface area (Å²) in [6.07, 6.45) is 2.78. The van der Waals surface area contributed by atoms with Crippen LogP contribution in [0.2, 0.25) is 0 Å². The first kappa shape index (κ1) is 19.7. The summed E-state index contributed by atoms with van der Waals surface area (Å²) in [7, 11) is -3.21. The van der Waals surface area contributed by atoms with E-state index >= 15 is 0 Å². The van der Waals surface area contributed by atoms with Gasteiger partial charge in [-0.15, -0.1) is 0 Å². The molecule has 0 spiro atoms. The Balaban J connectivity index is 1.49. The van der Waals surface area contributed by atoms with E-state index in [0.29, 0.717) is 37.6 Å². The topological polar surface area (TPSA) is 86.8 Å². The molecule has 1 aromatic carbocycles. The summed E-state index contributed by atoms with van der Waals surface area (Å²) in [6, 6.07) is 6.45. The Labute approximate surface area is 160 Å². The molecule has 148 valence electrons. The van der Waals surface area contributed by atoms with Gasteiger partial charge in [-0.05, 0) is 37.0 Å². The molecule has 0 aromatic heterocycles. The average molecular weight is 394 g/mol. The lowest BCUT2D eigenvalue weighted by atomic mass is 10.2. The van der Waals surface area contributed by atoms with Gasteiger partial charge in [-0.25, -0.2) is 13.2 Å². The van der Waals surface area contributed by atoms with Crippen LogP contribution in [-0.4, -0.2) is 62.1 Å². The van der Waals surface area contributed by atoms with Crippen molar-refractivity contribution in [2.45, 2.75) is 37.6 Å². The molecule has 0 radical (unpaired) electrons. The second-order valence-electron chi connectivity index (χ2n) is 7.15. The van der Waals surface area contributed by atoms with Gasteiger partial charge in [0.2, 0.25) is 5.91 Å². The van der Waals surface area contributed by atoms with Crippen LogP contribution < -0.4 is 5.32 Å². The molecule has 3 rings (SSSR count). The lowest BCUT2D eigenvalue weighted by molar-refractivity contribution is -0.132. The van der Waals surface area contributed by atoms with Crippen molar-refractivity contribution in [3.8, 4) is 0 Å². The maximum Gasteiger partial charge on any atom is 0.317 e. The van der Waals surface area contributed by atoms with E-state index in [9.17, 15) is 18.0 Å². The van der Waals surface area contributed by atoms with Crippen LogP contribution in [0.4, 0.5) is 4.79 Å². The Kier molecular flexibility index (Phi) is 6.04. The van der Waals surface area contributed by atoms with Crippen LogP contribution in [0.1, 0.15) is 31.7 Å². The molecule has 1 saturated heterocycles. The van der Waals surface area contributed by atoms with Crippen LogP contribution in [-0.2, 0) is 21.2 Å². The minimum absolute atomic E-state index is 0.0678. The van der Waals surface area contributed by atoms with Gasteiger partial charge in [0.25, 0.3) is 0 Å². The van der Waals surface area contributed by atoms with Gasteiger partial charge in [0, 0.05) is 38.6 Å².